The average Bonchev–Trinajstić information content (AvgIpc) is 2.75. The number of aromatic nitrogens is 2. The average molecular weight is 240 g/mol. The van der Waals surface area contributed by atoms with E-state index >= 15 is 0 Å². The summed E-state index contributed by atoms with van der Waals surface area (Å²) < 4.78 is 0. The van der Waals surface area contributed by atoms with Gasteiger partial charge in [0.05, 0.1) is 17.5 Å². The van der Waals surface area contributed by atoms with Crippen molar-refractivity contribution in [2.75, 3.05) is 0 Å². The highest BCUT2D eigenvalue weighted by Crippen LogP contribution is 2.07. The minimum Gasteiger partial charge on any atom is -0.393 e. The van der Waals surface area contributed by atoms with Crippen LogP contribution in [0.25, 0.3) is 0 Å². The van der Waals surface area contributed by atoms with Crippen LogP contribution in [0.15, 0.2) is 12.4 Å². The van der Waals surface area contributed by atoms with Crippen molar-refractivity contribution in [3.8, 4) is 0 Å². The highest BCUT2D eigenvalue weighted by Gasteiger charge is 2.19. The van der Waals surface area contributed by atoms with Gasteiger partial charge in [-0.2, -0.15) is 0 Å². The zero-order valence-electron chi connectivity index (χ0n) is 9.19. The van der Waals surface area contributed by atoms with Gasteiger partial charge < -0.3 is 16.0 Å². The van der Waals surface area contributed by atoms with E-state index in [0.29, 0.717) is 18.8 Å². The Bertz CT molecular complexity index is 350. The number of H-pyrrole nitrogens is 1. The lowest BCUT2D eigenvalue weighted by atomic mass is 10.0. The molecule has 1 amide bonds. The van der Waals surface area contributed by atoms with Crippen molar-refractivity contribution < 1.29 is 4.79 Å². The van der Waals surface area contributed by atoms with Crippen LogP contribution in [0.4, 0.5) is 0 Å². The second kappa shape index (κ2) is 6.22. The maximum absolute atomic E-state index is 11.7. The third-order valence-electron chi connectivity index (χ3n) is 2.22. The Balaban J connectivity index is 2.46. The number of hydrogen-bond donors (Lipinski definition) is 3. The van der Waals surface area contributed by atoms with Gasteiger partial charge in [-0.05, 0) is 6.42 Å². The SMILES string of the molecule is CCCC(C(=O)NCc1ncc[nH]1)C(N)=S. The second-order valence-electron chi connectivity index (χ2n) is 3.50. The Kier molecular flexibility index (Phi) is 4.91. The van der Waals surface area contributed by atoms with Crippen molar-refractivity contribution in [1.29, 1.82) is 0 Å². The molecule has 1 rings (SSSR count). The van der Waals surface area contributed by atoms with E-state index in [9.17, 15) is 4.79 Å². The van der Waals surface area contributed by atoms with Gasteiger partial charge in [0.15, 0.2) is 0 Å². The number of rotatable bonds is 6. The summed E-state index contributed by atoms with van der Waals surface area (Å²) in [5, 5.41) is 2.75. The Morgan fingerprint density at radius 2 is 2.50 bits per heavy atom. The summed E-state index contributed by atoms with van der Waals surface area (Å²) in [6, 6.07) is 0. The molecule has 4 N–H and O–H groups in total. The van der Waals surface area contributed by atoms with E-state index in [1.54, 1.807) is 12.4 Å². The molecule has 1 aromatic heterocycles. The van der Waals surface area contributed by atoms with E-state index in [4.69, 9.17) is 18.0 Å². The van der Waals surface area contributed by atoms with Crippen LogP contribution in [0.1, 0.15) is 25.6 Å². The van der Waals surface area contributed by atoms with Crippen molar-refractivity contribution in [2.45, 2.75) is 26.3 Å². The topological polar surface area (TPSA) is 83.8 Å². The van der Waals surface area contributed by atoms with Crippen LogP contribution >= 0.6 is 12.2 Å². The van der Waals surface area contributed by atoms with Crippen molar-refractivity contribution in [1.82, 2.24) is 15.3 Å². The molecular formula is C10H16N4OS. The molecule has 1 atom stereocenters. The summed E-state index contributed by atoms with van der Waals surface area (Å²) in [4.78, 5) is 18.9. The maximum atomic E-state index is 11.7. The summed E-state index contributed by atoms with van der Waals surface area (Å²) in [6.45, 7) is 2.36. The molecule has 5 nitrogen and oxygen atoms in total. The lowest BCUT2D eigenvalue weighted by Crippen LogP contribution is -2.37. The fraction of sp³-hybridized carbons (Fsp3) is 0.500. The molecule has 0 saturated heterocycles. The molecule has 0 saturated carbocycles. The number of thiocarbonyl (C=S) groups is 1. The van der Waals surface area contributed by atoms with Gasteiger partial charge in [0.2, 0.25) is 5.91 Å². The Morgan fingerprint density at radius 1 is 1.75 bits per heavy atom. The summed E-state index contributed by atoms with van der Waals surface area (Å²) in [7, 11) is 0. The van der Waals surface area contributed by atoms with Gasteiger partial charge in [0.1, 0.15) is 5.82 Å². The van der Waals surface area contributed by atoms with Crippen molar-refractivity contribution in [3.05, 3.63) is 18.2 Å². The van der Waals surface area contributed by atoms with Crippen molar-refractivity contribution in [2.24, 2.45) is 11.7 Å². The standard InChI is InChI=1S/C10H16N4OS/c1-2-3-7(9(11)16)10(15)14-6-8-12-4-5-13-8/h4-5,7H,2-3,6H2,1H3,(H2,11,16)(H,12,13)(H,14,15). The number of imidazole rings is 1. The van der Waals surface area contributed by atoms with Gasteiger partial charge in [0.25, 0.3) is 0 Å². The molecule has 0 spiro atoms. The van der Waals surface area contributed by atoms with Crippen molar-refractivity contribution >= 4 is 23.1 Å². The predicted molar refractivity (Wildman–Crippen MR) is 65.6 cm³/mol. The number of nitrogens with zero attached hydrogens (tertiary/aromatic N) is 1. The zero-order valence-corrected chi connectivity index (χ0v) is 10.0. The third kappa shape index (κ3) is 3.62. The smallest absolute Gasteiger partial charge is 0.230 e. The van der Waals surface area contributed by atoms with Crippen LogP contribution in [0, 0.1) is 5.92 Å². The molecule has 1 unspecified atom stereocenters. The van der Waals surface area contributed by atoms with E-state index < -0.39 is 0 Å². The van der Waals surface area contributed by atoms with E-state index in [1.165, 1.54) is 0 Å². The number of hydrogen-bond acceptors (Lipinski definition) is 3. The normalized spacial score (nSPS) is 12.1. The molecule has 6 heteroatoms. The van der Waals surface area contributed by atoms with E-state index in [0.717, 1.165) is 6.42 Å². The lowest BCUT2D eigenvalue weighted by molar-refractivity contribution is -0.123. The van der Waals surface area contributed by atoms with Crippen LogP contribution in [-0.2, 0) is 11.3 Å². The van der Waals surface area contributed by atoms with Crippen LogP contribution in [0.5, 0.6) is 0 Å². The quantitative estimate of drug-likeness (QED) is 0.640. The number of carbonyl (C=O) groups is 1. The minimum atomic E-state index is -0.380. The highest BCUT2D eigenvalue weighted by molar-refractivity contribution is 7.80. The molecule has 0 aliphatic heterocycles. The molecule has 0 aliphatic carbocycles. The molecule has 0 fully saturated rings. The van der Waals surface area contributed by atoms with Crippen molar-refractivity contribution in [3.63, 3.8) is 0 Å². The fourth-order valence-corrected chi connectivity index (χ4v) is 1.60. The first-order chi connectivity index (χ1) is 7.65. The Hall–Kier alpha value is -1.43. The van der Waals surface area contributed by atoms with Gasteiger partial charge in [-0.3, -0.25) is 4.79 Å². The molecule has 88 valence electrons. The van der Waals surface area contributed by atoms with Gasteiger partial charge in [0, 0.05) is 12.4 Å². The Morgan fingerprint density at radius 3 is 3.00 bits per heavy atom. The number of nitrogens with two attached hydrogens (primary N) is 1. The highest BCUT2D eigenvalue weighted by atomic mass is 32.1. The molecule has 0 aromatic carbocycles. The lowest BCUT2D eigenvalue weighted by Gasteiger charge is -2.13. The fourth-order valence-electron chi connectivity index (χ4n) is 1.38. The summed E-state index contributed by atoms with van der Waals surface area (Å²) in [5.74, 6) is 0.201. The second-order valence-corrected chi connectivity index (χ2v) is 3.97. The number of amides is 1. The third-order valence-corrected chi connectivity index (χ3v) is 2.51. The van der Waals surface area contributed by atoms with E-state index in [1.807, 2.05) is 6.92 Å². The summed E-state index contributed by atoms with van der Waals surface area (Å²) >= 11 is 4.87. The van der Waals surface area contributed by atoms with Crippen LogP contribution in [0.2, 0.25) is 0 Å². The zero-order chi connectivity index (χ0) is 12.0. The molecule has 0 bridgehead atoms. The van der Waals surface area contributed by atoms with Gasteiger partial charge in [-0.15, -0.1) is 0 Å². The van der Waals surface area contributed by atoms with Gasteiger partial charge in [-0.25, -0.2) is 4.98 Å². The van der Waals surface area contributed by atoms with E-state index in [-0.39, 0.29) is 16.8 Å². The van der Waals surface area contributed by atoms with Gasteiger partial charge in [-0.1, -0.05) is 25.6 Å². The monoisotopic (exact) mass is 240 g/mol. The number of carbonyl (C=O) groups excluding carboxylic acids is 1. The Labute approximate surface area is 99.8 Å². The predicted octanol–water partition coefficient (Wildman–Crippen LogP) is 0.728. The van der Waals surface area contributed by atoms with Gasteiger partial charge >= 0.3 is 0 Å². The largest absolute Gasteiger partial charge is 0.393 e. The number of nitrogens with one attached hydrogen (secondary N) is 2. The first kappa shape index (κ1) is 12.6. The molecule has 0 aliphatic rings. The molecule has 1 heterocycles. The summed E-state index contributed by atoms with van der Waals surface area (Å²) in [5.41, 5.74) is 5.52. The first-order valence-electron chi connectivity index (χ1n) is 5.20. The van der Waals surface area contributed by atoms with E-state index in [2.05, 4.69) is 15.3 Å². The minimum absolute atomic E-state index is 0.134. The number of aromatic amines is 1. The van der Waals surface area contributed by atoms with Crippen LogP contribution in [0.3, 0.4) is 0 Å². The molecule has 0 radical (unpaired) electrons. The first-order valence-corrected chi connectivity index (χ1v) is 5.61. The maximum Gasteiger partial charge on any atom is 0.230 e. The van der Waals surface area contributed by atoms with Crippen LogP contribution < -0.4 is 11.1 Å². The molecule has 16 heavy (non-hydrogen) atoms. The molecular weight excluding hydrogens is 224 g/mol. The molecule has 1 aromatic rings. The summed E-state index contributed by atoms with van der Waals surface area (Å²) in [6.07, 6.45) is 4.90. The van der Waals surface area contributed by atoms with Crippen LogP contribution in [-0.4, -0.2) is 20.9 Å².